The van der Waals surface area contributed by atoms with Gasteiger partial charge in [-0.25, -0.2) is 19.2 Å². The molecule has 12 heteroatoms. The van der Waals surface area contributed by atoms with Crippen LogP contribution in [0.1, 0.15) is 83.5 Å². The van der Waals surface area contributed by atoms with Gasteiger partial charge >= 0.3 is 23.9 Å². The van der Waals surface area contributed by atoms with Gasteiger partial charge in [0.1, 0.15) is 11.1 Å². The van der Waals surface area contributed by atoms with Crippen molar-refractivity contribution in [2.75, 3.05) is 27.4 Å². The number of benzene rings is 1. The van der Waals surface area contributed by atoms with Gasteiger partial charge in [-0.15, -0.1) is 0 Å². The monoisotopic (exact) mass is 560 g/mol. The van der Waals surface area contributed by atoms with Gasteiger partial charge in [0.2, 0.25) is 11.8 Å². The van der Waals surface area contributed by atoms with Gasteiger partial charge in [0, 0.05) is 26.7 Å². The zero-order chi connectivity index (χ0) is 29.8. The summed E-state index contributed by atoms with van der Waals surface area (Å²) in [5, 5.41) is 5.46. The molecule has 0 unspecified atom stereocenters. The molecule has 2 aliphatic carbocycles. The Hall–Kier alpha value is -3.96. The van der Waals surface area contributed by atoms with E-state index in [0.717, 1.165) is 0 Å². The van der Waals surface area contributed by atoms with E-state index >= 15 is 0 Å². The van der Waals surface area contributed by atoms with E-state index < -0.39 is 46.8 Å². The summed E-state index contributed by atoms with van der Waals surface area (Å²) in [5.41, 5.74) is -0.941. The number of ether oxygens (including phenoxy) is 4. The molecule has 0 aliphatic heterocycles. The summed E-state index contributed by atoms with van der Waals surface area (Å²) in [6.07, 6.45) is 0.197. The topological polar surface area (TPSA) is 163 Å². The summed E-state index contributed by atoms with van der Waals surface area (Å²) >= 11 is 0. The zero-order valence-corrected chi connectivity index (χ0v) is 23.7. The number of carbonyl (C=O) groups excluding carboxylic acids is 6. The van der Waals surface area contributed by atoms with Crippen LogP contribution in [0, 0.1) is 0 Å². The number of fused-ring (bicyclic) bond motifs is 3. The highest BCUT2D eigenvalue weighted by molar-refractivity contribution is 6.06. The number of hydrogen-bond donors (Lipinski definition) is 2. The number of esters is 4. The standard InChI is InChI=1S/C28H36N2O10/c1-7-39-23(33)21-17-9-11-27(25(35)37-5,29-15(3)31)13-19(17)20-14-28(26(36)38-6,30-16(4)32)12-10-18(20)22(21)24(34)40-8-2/h7-14H2,1-6H3,(H,29,31)(H,30,32)/t27-,28-/m1/s1. The van der Waals surface area contributed by atoms with E-state index in [9.17, 15) is 28.8 Å². The molecule has 40 heavy (non-hydrogen) atoms. The number of rotatable bonds is 8. The number of carbonyl (C=O) groups is 6. The molecule has 0 heterocycles. The van der Waals surface area contributed by atoms with E-state index in [1.165, 1.54) is 28.1 Å². The normalized spacial score (nSPS) is 21.1. The van der Waals surface area contributed by atoms with Gasteiger partial charge in [-0.05, 0) is 61.8 Å². The highest BCUT2D eigenvalue weighted by Gasteiger charge is 2.50. The molecule has 12 nitrogen and oxygen atoms in total. The van der Waals surface area contributed by atoms with Crippen LogP contribution in [0.25, 0.3) is 0 Å². The molecule has 1 aromatic rings. The number of hydrogen-bond acceptors (Lipinski definition) is 10. The average molecular weight is 561 g/mol. The molecule has 2 aliphatic rings. The Morgan fingerprint density at radius 3 is 1.27 bits per heavy atom. The molecule has 0 spiro atoms. The molecule has 218 valence electrons. The first-order valence-corrected chi connectivity index (χ1v) is 13.2. The minimum absolute atomic E-state index is 0.0421. The maximum atomic E-state index is 13.4. The Kier molecular flexibility index (Phi) is 9.21. The van der Waals surface area contributed by atoms with Gasteiger partial charge in [0.05, 0.1) is 38.6 Å². The van der Waals surface area contributed by atoms with Crippen LogP contribution in [0.15, 0.2) is 0 Å². The van der Waals surface area contributed by atoms with Crippen molar-refractivity contribution in [2.24, 2.45) is 0 Å². The molecule has 2 amide bonds. The predicted octanol–water partition coefficient (Wildman–Crippen LogP) is 1.11. The van der Waals surface area contributed by atoms with Gasteiger partial charge in [-0.3, -0.25) is 9.59 Å². The molecule has 0 fully saturated rings. The van der Waals surface area contributed by atoms with Crippen LogP contribution in [0.3, 0.4) is 0 Å². The second-order valence-electron chi connectivity index (χ2n) is 9.97. The van der Waals surface area contributed by atoms with Crippen LogP contribution in [0.5, 0.6) is 0 Å². The van der Waals surface area contributed by atoms with Crippen molar-refractivity contribution in [1.82, 2.24) is 10.6 Å². The van der Waals surface area contributed by atoms with Crippen molar-refractivity contribution in [1.29, 1.82) is 0 Å². The molecule has 0 saturated heterocycles. The van der Waals surface area contributed by atoms with E-state index in [1.54, 1.807) is 13.8 Å². The molecule has 3 rings (SSSR count). The van der Waals surface area contributed by atoms with E-state index in [0.29, 0.717) is 22.3 Å². The third-order valence-electron chi connectivity index (χ3n) is 7.45. The Balaban J connectivity index is 2.42. The molecule has 2 atom stereocenters. The second kappa shape index (κ2) is 12.1. The smallest absolute Gasteiger partial charge is 0.339 e. The maximum Gasteiger partial charge on any atom is 0.339 e. The van der Waals surface area contributed by atoms with Crippen molar-refractivity contribution >= 4 is 35.7 Å². The number of methoxy groups -OCH3 is 2. The van der Waals surface area contributed by atoms with Crippen molar-refractivity contribution in [3.63, 3.8) is 0 Å². The SMILES string of the molecule is CCOC(=O)c1c2c(c3c(c1C(=O)OCC)CC[C@](NC(C)=O)(C(=O)OC)C3)C[C@@](NC(C)=O)(C(=O)OC)CC2. The van der Waals surface area contributed by atoms with E-state index in [-0.39, 0.29) is 62.9 Å². The minimum atomic E-state index is -1.46. The lowest BCUT2D eigenvalue weighted by molar-refractivity contribution is -0.152. The summed E-state index contributed by atoms with van der Waals surface area (Å²) in [7, 11) is 2.42. The summed E-state index contributed by atoms with van der Waals surface area (Å²) in [6, 6.07) is 0. The summed E-state index contributed by atoms with van der Waals surface area (Å²) < 4.78 is 20.8. The van der Waals surface area contributed by atoms with Crippen LogP contribution in [-0.4, -0.2) is 74.2 Å². The van der Waals surface area contributed by atoms with E-state index in [2.05, 4.69) is 10.6 Å². The first-order chi connectivity index (χ1) is 18.9. The van der Waals surface area contributed by atoms with Crippen molar-refractivity contribution in [3.8, 4) is 0 Å². The van der Waals surface area contributed by atoms with Crippen molar-refractivity contribution < 1.29 is 47.7 Å². The number of amides is 2. The largest absolute Gasteiger partial charge is 0.467 e. The highest BCUT2D eigenvalue weighted by Crippen LogP contribution is 2.43. The van der Waals surface area contributed by atoms with Crippen LogP contribution in [0.2, 0.25) is 0 Å². The molecule has 0 saturated carbocycles. The van der Waals surface area contributed by atoms with E-state index in [4.69, 9.17) is 18.9 Å². The van der Waals surface area contributed by atoms with E-state index in [1.807, 2.05) is 0 Å². The van der Waals surface area contributed by atoms with Crippen LogP contribution < -0.4 is 10.6 Å². The van der Waals surface area contributed by atoms with Gasteiger partial charge in [-0.2, -0.15) is 0 Å². The highest BCUT2D eigenvalue weighted by atomic mass is 16.5. The lowest BCUT2D eigenvalue weighted by atomic mass is 9.67. The molecule has 1 aromatic carbocycles. The molecule has 2 N–H and O–H groups in total. The van der Waals surface area contributed by atoms with Crippen LogP contribution >= 0.6 is 0 Å². The van der Waals surface area contributed by atoms with Crippen molar-refractivity contribution in [2.45, 2.75) is 77.3 Å². The molecule has 0 radical (unpaired) electrons. The van der Waals surface area contributed by atoms with Crippen LogP contribution in [-0.2, 0) is 63.8 Å². The van der Waals surface area contributed by atoms with Crippen LogP contribution in [0.4, 0.5) is 0 Å². The van der Waals surface area contributed by atoms with Crippen molar-refractivity contribution in [3.05, 3.63) is 33.4 Å². The lowest BCUT2D eigenvalue weighted by Crippen LogP contribution is -2.60. The molecule has 0 bridgehead atoms. The fourth-order valence-corrected chi connectivity index (χ4v) is 5.99. The number of nitrogens with one attached hydrogen (secondary N) is 2. The van der Waals surface area contributed by atoms with Gasteiger partial charge in [-0.1, -0.05) is 0 Å². The quantitative estimate of drug-likeness (QED) is 0.348. The predicted molar refractivity (Wildman–Crippen MR) is 140 cm³/mol. The fraction of sp³-hybridized carbons (Fsp3) is 0.571. The van der Waals surface area contributed by atoms with Gasteiger partial charge < -0.3 is 29.6 Å². The minimum Gasteiger partial charge on any atom is -0.467 e. The molecular formula is C28H36N2O10. The first kappa shape index (κ1) is 30.6. The fourth-order valence-electron chi connectivity index (χ4n) is 5.99. The molecular weight excluding hydrogens is 524 g/mol. The summed E-state index contributed by atoms with van der Waals surface area (Å²) in [6.45, 7) is 5.96. The zero-order valence-electron chi connectivity index (χ0n) is 23.7. The van der Waals surface area contributed by atoms with Gasteiger partial charge in [0.15, 0.2) is 0 Å². The average Bonchev–Trinajstić information content (AvgIpc) is 2.90. The maximum absolute atomic E-state index is 13.4. The Morgan fingerprint density at radius 1 is 0.650 bits per heavy atom. The van der Waals surface area contributed by atoms with Gasteiger partial charge in [0.25, 0.3) is 0 Å². The molecule has 0 aromatic heterocycles. The summed E-state index contributed by atoms with van der Waals surface area (Å²) in [5.74, 6) is -3.71. The first-order valence-electron chi connectivity index (χ1n) is 13.2. The lowest BCUT2D eigenvalue weighted by Gasteiger charge is -2.42. The Labute approximate surface area is 232 Å². The third-order valence-corrected chi connectivity index (χ3v) is 7.45. The third kappa shape index (κ3) is 5.52. The summed E-state index contributed by atoms with van der Waals surface area (Å²) in [4.78, 5) is 77.3. The Morgan fingerprint density at radius 2 is 1.00 bits per heavy atom. The Bertz CT molecular complexity index is 1160. The second-order valence-corrected chi connectivity index (χ2v) is 9.97.